The van der Waals surface area contributed by atoms with Crippen LogP contribution in [0.3, 0.4) is 0 Å². The number of methoxy groups -OCH3 is 1. The highest BCUT2D eigenvalue weighted by Gasteiger charge is 2.30. The summed E-state index contributed by atoms with van der Waals surface area (Å²) >= 11 is 0. The van der Waals surface area contributed by atoms with Gasteiger partial charge in [0.15, 0.2) is 6.23 Å². The summed E-state index contributed by atoms with van der Waals surface area (Å²) in [5.41, 5.74) is 5.25. The molecule has 7 heteroatoms. The third-order valence-corrected chi connectivity index (χ3v) is 6.17. The highest BCUT2D eigenvalue weighted by atomic mass is 16.5. The van der Waals surface area contributed by atoms with Crippen LogP contribution < -0.4 is 15.4 Å². The molecule has 0 saturated heterocycles. The molecule has 4 aromatic rings. The lowest BCUT2D eigenvalue weighted by molar-refractivity contribution is -0.113. The molecule has 1 unspecified atom stereocenters. The number of aliphatic hydroxyl groups is 1. The molecule has 3 N–H and O–H groups in total. The van der Waals surface area contributed by atoms with E-state index < -0.39 is 12.1 Å². The third-order valence-electron chi connectivity index (χ3n) is 6.17. The molecule has 0 spiro atoms. The largest absolute Gasteiger partial charge is 0.497 e. The number of hydrogen-bond donors (Lipinski definition) is 3. The van der Waals surface area contributed by atoms with E-state index in [9.17, 15) is 9.90 Å². The van der Waals surface area contributed by atoms with E-state index in [1.54, 1.807) is 31.4 Å². The summed E-state index contributed by atoms with van der Waals surface area (Å²) in [7, 11) is 1.58. The van der Waals surface area contributed by atoms with Crippen LogP contribution in [0.4, 0.5) is 5.69 Å². The maximum absolute atomic E-state index is 13.4. The number of hydrogen-bond acceptors (Lipinski definition) is 6. The second kappa shape index (κ2) is 10.2. The summed E-state index contributed by atoms with van der Waals surface area (Å²) < 4.78 is 11.1. The zero-order valence-electron chi connectivity index (χ0n) is 20.8. The van der Waals surface area contributed by atoms with Crippen LogP contribution in [-0.4, -0.2) is 29.3 Å². The summed E-state index contributed by atoms with van der Waals surface area (Å²) in [6.45, 7) is 3.82. The van der Waals surface area contributed by atoms with E-state index in [4.69, 9.17) is 14.1 Å². The van der Waals surface area contributed by atoms with Crippen molar-refractivity contribution in [3.63, 3.8) is 0 Å². The van der Waals surface area contributed by atoms with E-state index in [0.717, 1.165) is 16.7 Å². The minimum atomic E-state index is -1.27. The van der Waals surface area contributed by atoms with E-state index in [1.165, 1.54) is 0 Å². The Morgan fingerprint density at radius 1 is 0.973 bits per heavy atom. The Hall–Kier alpha value is -4.62. The topological polar surface area (TPSA) is 96.6 Å². The number of oxazole rings is 1. The molecule has 2 heterocycles. The fourth-order valence-corrected chi connectivity index (χ4v) is 4.21. The first-order chi connectivity index (χ1) is 17.9. The van der Waals surface area contributed by atoms with E-state index in [-0.39, 0.29) is 5.57 Å². The minimum absolute atomic E-state index is 0.202. The Balaban J connectivity index is 1.57. The SMILES string of the molecule is COc1ccc(NC(=O)C2=C(c3ccc(C)cc3)C=C(c3nc(-c4ccccc4)oc3C)NC2O)cc1. The van der Waals surface area contributed by atoms with Crippen molar-refractivity contribution in [3.8, 4) is 17.2 Å². The highest BCUT2D eigenvalue weighted by molar-refractivity contribution is 6.12. The van der Waals surface area contributed by atoms with Gasteiger partial charge in [0.1, 0.15) is 17.2 Å². The lowest BCUT2D eigenvalue weighted by Crippen LogP contribution is -2.38. The number of anilines is 1. The first-order valence-corrected chi connectivity index (χ1v) is 11.9. The Bertz CT molecular complexity index is 1480. The first kappa shape index (κ1) is 24.1. The smallest absolute Gasteiger partial charge is 0.256 e. The van der Waals surface area contributed by atoms with Gasteiger partial charge in [-0.1, -0.05) is 48.0 Å². The number of carbonyl (C=O) groups is 1. The number of aryl methyl sites for hydroxylation is 2. The number of dihydropyridines is 1. The second-order valence-corrected chi connectivity index (χ2v) is 8.77. The predicted octanol–water partition coefficient (Wildman–Crippen LogP) is 5.32. The van der Waals surface area contributed by atoms with Crippen molar-refractivity contribution in [1.29, 1.82) is 0 Å². The maximum atomic E-state index is 13.4. The number of aliphatic hydroxyl groups excluding tert-OH is 1. The Labute approximate surface area is 215 Å². The zero-order valence-corrected chi connectivity index (χ0v) is 20.8. The number of rotatable bonds is 6. The van der Waals surface area contributed by atoms with Crippen LogP contribution >= 0.6 is 0 Å². The molecule has 5 rings (SSSR count). The summed E-state index contributed by atoms with van der Waals surface area (Å²) in [5.74, 6) is 1.34. The Morgan fingerprint density at radius 3 is 2.35 bits per heavy atom. The van der Waals surface area contributed by atoms with Gasteiger partial charge >= 0.3 is 0 Å². The molecular formula is C30H27N3O4. The van der Waals surface area contributed by atoms with Crippen LogP contribution in [0.1, 0.15) is 22.6 Å². The van der Waals surface area contributed by atoms with Gasteiger partial charge in [-0.3, -0.25) is 4.79 Å². The number of amides is 1. The number of ether oxygens (including phenoxy) is 1. The summed E-state index contributed by atoms with van der Waals surface area (Å²) in [5, 5.41) is 17.1. The van der Waals surface area contributed by atoms with Crippen molar-refractivity contribution in [2.24, 2.45) is 0 Å². The molecule has 0 saturated carbocycles. The molecule has 37 heavy (non-hydrogen) atoms. The van der Waals surface area contributed by atoms with E-state index in [0.29, 0.717) is 40.1 Å². The first-order valence-electron chi connectivity index (χ1n) is 11.9. The fourth-order valence-electron chi connectivity index (χ4n) is 4.21. The van der Waals surface area contributed by atoms with Gasteiger partial charge < -0.3 is 24.9 Å². The Morgan fingerprint density at radius 2 is 1.68 bits per heavy atom. The van der Waals surface area contributed by atoms with Crippen LogP contribution in [0.15, 0.2) is 94.9 Å². The monoisotopic (exact) mass is 493 g/mol. The van der Waals surface area contributed by atoms with Crippen molar-refractivity contribution in [2.75, 3.05) is 12.4 Å². The minimum Gasteiger partial charge on any atom is -0.497 e. The van der Waals surface area contributed by atoms with Crippen molar-refractivity contribution in [2.45, 2.75) is 20.1 Å². The molecule has 1 amide bonds. The van der Waals surface area contributed by atoms with E-state index in [1.807, 2.05) is 74.5 Å². The number of nitrogens with one attached hydrogen (secondary N) is 2. The maximum Gasteiger partial charge on any atom is 0.256 e. The molecular weight excluding hydrogens is 466 g/mol. The number of allylic oxidation sites excluding steroid dienone is 2. The molecule has 0 bridgehead atoms. The van der Waals surface area contributed by atoms with Crippen LogP contribution in [0.25, 0.3) is 22.7 Å². The lowest BCUT2D eigenvalue weighted by atomic mass is 9.93. The molecule has 1 aliphatic heterocycles. The third kappa shape index (κ3) is 5.03. The van der Waals surface area contributed by atoms with E-state index in [2.05, 4.69) is 10.6 Å². The van der Waals surface area contributed by atoms with Gasteiger partial charge in [0.05, 0.1) is 18.4 Å². The standard InChI is InChI=1S/C30H27N3O4/c1-18-9-11-20(12-10-18)24-17-25(27-19(2)37-30(33-27)21-7-5-4-6-8-21)32-29(35)26(24)28(34)31-22-13-15-23(36-3)16-14-22/h4-17,29,32,35H,1-3H3,(H,31,34). The van der Waals surface area contributed by atoms with Crippen LogP contribution in [0.2, 0.25) is 0 Å². The molecule has 7 nitrogen and oxygen atoms in total. The van der Waals surface area contributed by atoms with Crippen molar-refractivity contribution in [3.05, 3.63) is 113 Å². The fraction of sp³-hybridized carbons (Fsp3) is 0.133. The van der Waals surface area contributed by atoms with Gasteiger partial charge in [-0.05, 0) is 67.5 Å². The summed E-state index contributed by atoms with van der Waals surface area (Å²) in [6, 6.07) is 24.4. The molecule has 1 aromatic heterocycles. The highest BCUT2D eigenvalue weighted by Crippen LogP contribution is 2.33. The van der Waals surface area contributed by atoms with Gasteiger partial charge in [-0.25, -0.2) is 4.98 Å². The molecule has 0 aliphatic carbocycles. The van der Waals surface area contributed by atoms with Gasteiger partial charge in [-0.2, -0.15) is 0 Å². The molecule has 186 valence electrons. The summed E-state index contributed by atoms with van der Waals surface area (Å²) in [6.07, 6.45) is 0.561. The number of carbonyl (C=O) groups excluding carboxylic acids is 1. The molecule has 3 aromatic carbocycles. The molecule has 0 fully saturated rings. The second-order valence-electron chi connectivity index (χ2n) is 8.77. The predicted molar refractivity (Wildman–Crippen MR) is 144 cm³/mol. The van der Waals surface area contributed by atoms with Gasteiger partial charge in [-0.15, -0.1) is 0 Å². The number of nitrogens with zero attached hydrogens (tertiary/aromatic N) is 1. The molecule has 1 aliphatic rings. The number of aromatic nitrogens is 1. The number of benzene rings is 3. The lowest BCUT2D eigenvalue weighted by Gasteiger charge is -2.26. The van der Waals surface area contributed by atoms with Gasteiger partial charge in [0, 0.05) is 11.3 Å². The molecule has 1 atom stereocenters. The normalized spacial score (nSPS) is 15.1. The van der Waals surface area contributed by atoms with Gasteiger partial charge in [0.2, 0.25) is 5.89 Å². The van der Waals surface area contributed by atoms with Crippen molar-refractivity contribution < 1.29 is 19.1 Å². The quantitative estimate of drug-likeness (QED) is 0.336. The van der Waals surface area contributed by atoms with E-state index >= 15 is 0 Å². The summed E-state index contributed by atoms with van der Waals surface area (Å²) in [4.78, 5) is 18.1. The van der Waals surface area contributed by atoms with Crippen LogP contribution in [0.5, 0.6) is 5.75 Å². The average Bonchev–Trinajstić information content (AvgIpc) is 3.31. The average molecular weight is 494 g/mol. The zero-order chi connectivity index (χ0) is 25.9. The van der Waals surface area contributed by atoms with Crippen molar-refractivity contribution >= 4 is 22.9 Å². The van der Waals surface area contributed by atoms with Crippen LogP contribution in [-0.2, 0) is 4.79 Å². The molecule has 0 radical (unpaired) electrons. The van der Waals surface area contributed by atoms with Crippen LogP contribution in [0, 0.1) is 13.8 Å². The Kier molecular flexibility index (Phi) is 6.62. The van der Waals surface area contributed by atoms with Gasteiger partial charge in [0.25, 0.3) is 5.91 Å². The van der Waals surface area contributed by atoms with Crippen molar-refractivity contribution in [1.82, 2.24) is 10.3 Å².